The number of ether oxygens (including phenoxy) is 1. The second kappa shape index (κ2) is 7.25. The third kappa shape index (κ3) is 3.93. The summed E-state index contributed by atoms with van der Waals surface area (Å²) in [5, 5.41) is 3.36. The molecule has 1 aliphatic heterocycles. The Kier molecular flexibility index (Phi) is 5.64. The quantitative estimate of drug-likeness (QED) is 0.803. The fourth-order valence-corrected chi connectivity index (χ4v) is 3.19. The molecule has 1 saturated carbocycles. The van der Waals surface area contributed by atoms with E-state index in [0.29, 0.717) is 12.7 Å². The van der Waals surface area contributed by atoms with Crippen molar-refractivity contribution in [2.75, 3.05) is 13.2 Å². The molecule has 0 radical (unpaired) electrons. The van der Waals surface area contributed by atoms with Crippen molar-refractivity contribution >= 4 is 5.91 Å². The molecule has 0 aromatic heterocycles. The van der Waals surface area contributed by atoms with Crippen LogP contribution < -0.4 is 5.32 Å². The maximum Gasteiger partial charge on any atom is 0.241 e. The summed E-state index contributed by atoms with van der Waals surface area (Å²) in [7, 11) is 0. The molecule has 1 N–H and O–H groups in total. The van der Waals surface area contributed by atoms with E-state index in [1.54, 1.807) is 0 Å². The lowest BCUT2D eigenvalue weighted by atomic mass is 9.98. The van der Waals surface area contributed by atoms with Crippen LogP contribution in [0.15, 0.2) is 0 Å². The summed E-state index contributed by atoms with van der Waals surface area (Å²) in [6.45, 7) is 5.59. The first-order valence-corrected chi connectivity index (χ1v) is 7.90. The van der Waals surface area contributed by atoms with Crippen LogP contribution in [0.3, 0.4) is 0 Å². The number of nitrogens with one attached hydrogen (secondary N) is 1. The van der Waals surface area contributed by atoms with Gasteiger partial charge in [0.15, 0.2) is 0 Å². The Labute approximate surface area is 116 Å². The molecule has 4 heteroatoms. The molecule has 0 aromatic carbocycles. The number of carbonyl (C=O) groups is 1. The summed E-state index contributed by atoms with van der Waals surface area (Å²) in [5.41, 5.74) is 0. The van der Waals surface area contributed by atoms with E-state index >= 15 is 0 Å². The predicted octanol–water partition coefficient (Wildman–Crippen LogP) is 2.28. The van der Waals surface area contributed by atoms with Gasteiger partial charge in [0.05, 0.1) is 24.9 Å². The third-order valence-electron chi connectivity index (χ3n) is 4.31. The number of rotatable bonds is 6. The minimum atomic E-state index is 0.0229. The van der Waals surface area contributed by atoms with Gasteiger partial charge in [0.25, 0.3) is 0 Å². The van der Waals surface area contributed by atoms with Gasteiger partial charge >= 0.3 is 0 Å². The van der Waals surface area contributed by atoms with E-state index < -0.39 is 0 Å². The lowest BCUT2D eigenvalue weighted by molar-refractivity contribution is -0.131. The van der Waals surface area contributed by atoms with Crippen LogP contribution in [0.25, 0.3) is 0 Å². The molecule has 2 aliphatic rings. The fraction of sp³-hybridized carbons (Fsp3) is 0.933. The van der Waals surface area contributed by atoms with Gasteiger partial charge in [-0.05, 0) is 26.2 Å². The molecule has 4 nitrogen and oxygen atoms in total. The number of hydrogen-bond donors (Lipinski definition) is 1. The Morgan fingerprint density at radius 2 is 2.05 bits per heavy atom. The summed E-state index contributed by atoms with van der Waals surface area (Å²) in [4.78, 5) is 14.1. The molecule has 1 saturated heterocycles. The van der Waals surface area contributed by atoms with Crippen molar-refractivity contribution in [2.24, 2.45) is 0 Å². The van der Waals surface area contributed by atoms with Crippen LogP contribution in [0.1, 0.15) is 58.8 Å². The zero-order valence-corrected chi connectivity index (χ0v) is 12.4. The van der Waals surface area contributed by atoms with Crippen LogP contribution in [-0.4, -0.2) is 42.3 Å². The van der Waals surface area contributed by atoms with Crippen LogP contribution in [0.5, 0.6) is 0 Å². The molecule has 2 fully saturated rings. The first-order chi connectivity index (χ1) is 9.22. The normalized spacial score (nSPS) is 29.2. The van der Waals surface area contributed by atoms with Crippen LogP contribution in [-0.2, 0) is 9.53 Å². The highest BCUT2D eigenvalue weighted by Gasteiger charge is 2.35. The second-order valence-corrected chi connectivity index (χ2v) is 5.85. The van der Waals surface area contributed by atoms with E-state index in [1.165, 1.54) is 32.1 Å². The van der Waals surface area contributed by atoms with Gasteiger partial charge in [-0.1, -0.05) is 32.6 Å². The smallest absolute Gasteiger partial charge is 0.241 e. The molecular formula is C15H28N2O2. The van der Waals surface area contributed by atoms with Gasteiger partial charge in [0.2, 0.25) is 5.91 Å². The minimum Gasteiger partial charge on any atom is -0.376 e. The maximum atomic E-state index is 12.2. The molecule has 2 atom stereocenters. The summed E-state index contributed by atoms with van der Waals surface area (Å²) in [6.07, 6.45) is 8.89. The van der Waals surface area contributed by atoms with E-state index in [9.17, 15) is 4.79 Å². The van der Waals surface area contributed by atoms with Crippen molar-refractivity contribution in [2.45, 2.75) is 77.1 Å². The van der Waals surface area contributed by atoms with Crippen molar-refractivity contribution in [3.8, 4) is 0 Å². The molecule has 1 amide bonds. The van der Waals surface area contributed by atoms with E-state index in [-0.39, 0.29) is 18.1 Å². The highest BCUT2D eigenvalue weighted by Crippen LogP contribution is 2.20. The molecule has 0 bridgehead atoms. The molecule has 1 heterocycles. The topological polar surface area (TPSA) is 41.6 Å². The number of carbonyl (C=O) groups excluding carboxylic acids is 1. The number of amides is 1. The van der Waals surface area contributed by atoms with E-state index in [2.05, 4.69) is 19.2 Å². The van der Waals surface area contributed by atoms with Gasteiger partial charge in [-0.2, -0.15) is 0 Å². The minimum absolute atomic E-state index is 0.0229. The summed E-state index contributed by atoms with van der Waals surface area (Å²) in [6, 6.07) is 0.0229. The Morgan fingerprint density at radius 1 is 1.32 bits per heavy atom. The van der Waals surface area contributed by atoms with Crippen molar-refractivity contribution in [3.63, 3.8) is 0 Å². The molecule has 1 aliphatic carbocycles. The average Bonchev–Trinajstić information content (AvgIpc) is 2.68. The zero-order valence-electron chi connectivity index (χ0n) is 12.4. The van der Waals surface area contributed by atoms with Crippen LogP contribution >= 0.6 is 0 Å². The van der Waals surface area contributed by atoms with Crippen molar-refractivity contribution in [3.05, 3.63) is 0 Å². The second-order valence-electron chi connectivity index (χ2n) is 5.85. The van der Waals surface area contributed by atoms with Gasteiger partial charge in [-0.3, -0.25) is 10.1 Å². The van der Waals surface area contributed by atoms with Crippen molar-refractivity contribution in [1.29, 1.82) is 0 Å². The van der Waals surface area contributed by atoms with Crippen molar-refractivity contribution < 1.29 is 9.53 Å². The van der Waals surface area contributed by atoms with Gasteiger partial charge in [0.1, 0.15) is 0 Å². The molecule has 2 unspecified atom stereocenters. The molecule has 110 valence electrons. The molecular weight excluding hydrogens is 240 g/mol. The van der Waals surface area contributed by atoms with Crippen LogP contribution in [0.4, 0.5) is 0 Å². The van der Waals surface area contributed by atoms with Gasteiger partial charge < -0.3 is 9.64 Å². The molecule has 2 rings (SSSR count). The summed E-state index contributed by atoms with van der Waals surface area (Å²) >= 11 is 0. The monoisotopic (exact) mass is 268 g/mol. The van der Waals surface area contributed by atoms with Gasteiger partial charge in [-0.15, -0.1) is 0 Å². The Morgan fingerprint density at radius 3 is 2.74 bits per heavy atom. The summed E-state index contributed by atoms with van der Waals surface area (Å²) < 4.78 is 5.92. The molecule has 0 spiro atoms. The van der Waals surface area contributed by atoms with Gasteiger partial charge in [0, 0.05) is 6.54 Å². The first kappa shape index (κ1) is 14.8. The highest BCUT2D eigenvalue weighted by molar-refractivity contribution is 5.84. The van der Waals surface area contributed by atoms with Crippen molar-refractivity contribution in [1.82, 2.24) is 10.2 Å². The van der Waals surface area contributed by atoms with Crippen LogP contribution in [0.2, 0.25) is 0 Å². The third-order valence-corrected chi connectivity index (χ3v) is 4.31. The van der Waals surface area contributed by atoms with Gasteiger partial charge in [-0.25, -0.2) is 0 Å². The molecule has 0 aromatic rings. The fourth-order valence-electron chi connectivity index (χ4n) is 3.19. The largest absolute Gasteiger partial charge is 0.376 e. The zero-order chi connectivity index (χ0) is 13.7. The van der Waals surface area contributed by atoms with E-state index in [4.69, 9.17) is 4.74 Å². The number of nitrogens with zero attached hydrogens (tertiary/aromatic N) is 1. The Bertz CT molecular complexity index is 290. The average molecular weight is 268 g/mol. The van der Waals surface area contributed by atoms with E-state index in [0.717, 1.165) is 19.4 Å². The molecule has 19 heavy (non-hydrogen) atoms. The first-order valence-electron chi connectivity index (χ1n) is 7.90. The summed E-state index contributed by atoms with van der Waals surface area (Å²) in [5.74, 6) is 0.251. The van der Waals surface area contributed by atoms with Crippen LogP contribution in [0, 0.1) is 0 Å². The highest BCUT2D eigenvalue weighted by atomic mass is 16.5. The Hall–Kier alpha value is -0.610. The SMILES string of the molecule is CCCC1NC(C)N(CCOC2CCCCC2)C1=O. The lowest BCUT2D eigenvalue weighted by Gasteiger charge is -2.25. The standard InChI is InChI=1S/C15H28N2O2/c1-3-7-14-15(18)17(12(2)16-14)10-11-19-13-8-5-4-6-9-13/h12-14,16H,3-11H2,1-2H3. The number of hydrogen-bond acceptors (Lipinski definition) is 3. The lowest BCUT2D eigenvalue weighted by Crippen LogP contribution is -2.37. The van der Waals surface area contributed by atoms with E-state index in [1.807, 2.05) is 4.90 Å². The Balaban J connectivity index is 1.71. The predicted molar refractivity (Wildman–Crippen MR) is 75.8 cm³/mol. The maximum absolute atomic E-state index is 12.2.